The number of nitrogens with one attached hydrogen (secondary N) is 1. The fraction of sp³-hybridized carbons (Fsp3) is 0.818. The zero-order chi connectivity index (χ0) is 12.7. The van der Waals surface area contributed by atoms with Gasteiger partial charge < -0.3 is 20.1 Å². The van der Waals surface area contributed by atoms with E-state index in [9.17, 15) is 9.59 Å². The average Bonchev–Trinajstić information content (AvgIpc) is 2.21. The van der Waals surface area contributed by atoms with Crippen LogP contribution in [0.15, 0.2) is 0 Å². The van der Waals surface area contributed by atoms with E-state index >= 15 is 0 Å². The second kappa shape index (κ2) is 7.11. The van der Waals surface area contributed by atoms with Crippen molar-refractivity contribution in [1.82, 2.24) is 10.2 Å². The highest BCUT2D eigenvalue weighted by atomic mass is 16.5. The van der Waals surface area contributed by atoms with Gasteiger partial charge in [0.1, 0.15) is 6.61 Å². The van der Waals surface area contributed by atoms with Crippen LogP contribution in [0.5, 0.6) is 0 Å². The van der Waals surface area contributed by atoms with Gasteiger partial charge >= 0.3 is 12.0 Å². The molecule has 0 saturated heterocycles. The Balaban J connectivity index is 2.01. The van der Waals surface area contributed by atoms with Gasteiger partial charge in [0.25, 0.3) is 0 Å². The maximum atomic E-state index is 11.6. The minimum Gasteiger partial charge on any atom is -0.480 e. The van der Waals surface area contributed by atoms with Crippen LogP contribution < -0.4 is 5.32 Å². The van der Waals surface area contributed by atoms with Crippen LogP contribution in [0.25, 0.3) is 0 Å². The number of carbonyl (C=O) groups excluding carboxylic acids is 1. The summed E-state index contributed by atoms with van der Waals surface area (Å²) in [5.74, 6) is -0.354. The molecule has 6 nitrogen and oxygen atoms in total. The van der Waals surface area contributed by atoms with Crippen molar-refractivity contribution in [1.29, 1.82) is 0 Å². The zero-order valence-electron chi connectivity index (χ0n) is 10.1. The van der Waals surface area contributed by atoms with Gasteiger partial charge in [-0.1, -0.05) is 6.42 Å². The SMILES string of the molecule is CN(CC1CCC1)C(=O)NCCOCC(=O)O. The van der Waals surface area contributed by atoms with Crippen LogP contribution in [0.4, 0.5) is 4.79 Å². The molecule has 0 heterocycles. The number of hydrogen-bond acceptors (Lipinski definition) is 3. The first-order valence-corrected chi connectivity index (χ1v) is 5.88. The lowest BCUT2D eigenvalue weighted by Crippen LogP contribution is -2.42. The van der Waals surface area contributed by atoms with Gasteiger partial charge in [0, 0.05) is 20.1 Å². The van der Waals surface area contributed by atoms with Gasteiger partial charge in [0.15, 0.2) is 0 Å². The van der Waals surface area contributed by atoms with E-state index in [2.05, 4.69) is 5.32 Å². The highest BCUT2D eigenvalue weighted by Crippen LogP contribution is 2.26. The number of aliphatic carboxylic acids is 1. The van der Waals surface area contributed by atoms with Crippen LogP contribution in [0.2, 0.25) is 0 Å². The van der Waals surface area contributed by atoms with Gasteiger partial charge in [-0.05, 0) is 18.8 Å². The molecule has 0 aromatic carbocycles. The number of carbonyl (C=O) groups is 2. The van der Waals surface area contributed by atoms with Crippen LogP contribution in [0.3, 0.4) is 0 Å². The van der Waals surface area contributed by atoms with Crippen LogP contribution in [0, 0.1) is 5.92 Å². The van der Waals surface area contributed by atoms with Crippen LogP contribution in [-0.4, -0.2) is 55.4 Å². The summed E-state index contributed by atoms with van der Waals surface area (Å²) in [4.78, 5) is 23.4. The molecule has 1 saturated carbocycles. The average molecular weight is 244 g/mol. The number of carboxylic acids is 1. The molecule has 0 spiro atoms. The number of nitrogens with zero attached hydrogens (tertiary/aromatic N) is 1. The van der Waals surface area contributed by atoms with Crippen LogP contribution in [-0.2, 0) is 9.53 Å². The summed E-state index contributed by atoms with van der Waals surface area (Å²) in [7, 11) is 1.77. The molecule has 0 unspecified atom stereocenters. The van der Waals surface area contributed by atoms with Crippen molar-refractivity contribution in [3.63, 3.8) is 0 Å². The van der Waals surface area contributed by atoms with E-state index in [-0.39, 0.29) is 19.2 Å². The first kappa shape index (κ1) is 13.8. The molecule has 1 rings (SSSR count). The summed E-state index contributed by atoms with van der Waals surface area (Å²) in [5, 5.41) is 11.0. The molecule has 98 valence electrons. The fourth-order valence-corrected chi connectivity index (χ4v) is 1.67. The minimum atomic E-state index is -1.00. The van der Waals surface area contributed by atoms with E-state index in [4.69, 9.17) is 9.84 Å². The fourth-order valence-electron chi connectivity index (χ4n) is 1.67. The summed E-state index contributed by atoms with van der Waals surface area (Å²) in [6.07, 6.45) is 3.68. The highest BCUT2D eigenvalue weighted by Gasteiger charge is 2.20. The Morgan fingerprint density at radius 2 is 2.18 bits per heavy atom. The Labute approximate surface area is 101 Å². The summed E-state index contributed by atoms with van der Waals surface area (Å²) < 4.78 is 4.81. The van der Waals surface area contributed by atoms with Gasteiger partial charge in [-0.2, -0.15) is 0 Å². The summed E-state index contributed by atoms with van der Waals surface area (Å²) in [6.45, 7) is 1.02. The van der Waals surface area contributed by atoms with Gasteiger partial charge in [0.2, 0.25) is 0 Å². The van der Waals surface area contributed by atoms with Crippen molar-refractivity contribution in [3.05, 3.63) is 0 Å². The Kier molecular flexibility index (Phi) is 5.76. The van der Waals surface area contributed by atoms with E-state index in [1.54, 1.807) is 11.9 Å². The summed E-state index contributed by atoms with van der Waals surface area (Å²) in [5.41, 5.74) is 0. The summed E-state index contributed by atoms with van der Waals surface area (Å²) in [6, 6.07) is -0.129. The van der Waals surface area contributed by atoms with Crippen molar-refractivity contribution in [2.24, 2.45) is 5.92 Å². The molecule has 17 heavy (non-hydrogen) atoms. The van der Waals surface area contributed by atoms with E-state index in [1.165, 1.54) is 19.3 Å². The predicted molar refractivity (Wildman–Crippen MR) is 61.8 cm³/mol. The lowest BCUT2D eigenvalue weighted by molar-refractivity contribution is -0.142. The topological polar surface area (TPSA) is 78.9 Å². The molecule has 6 heteroatoms. The molecule has 0 aromatic heterocycles. The molecule has 1 aliphatic rings. The number of carboxylic acid groups (broad SMARTS) is 1. The minimum absolute atomic E-state index is 0.129. The van der Waals surface area contributed by atoms with Crippen LogP contribution in [0.1, 0.15) is 19.3 Å². The molecule has 0 radical (unpaired) electrons. The third-order valence-corrected chi connectivity index (χ3v) is 2.85. The molecule has 1 aliphatic carbocycles. The van der Waals surface area contributed by atoms with Crippen LogP contribution >= 0.6 is 0 Å². The third kappa shape index (κ3) is 5.53. The Bertz CT molecular complexity index is 266. The standard InChI is InChI=1S/C11H20N2O4/c1-13(7-9-3-2-4-9)11(16)12-5-6-17-8-10(14)15/h9H,2-8H2,1H3,(H,12,16)(H,14,15). The monoisotopic (exact) mass is 244 g/mol. The quantitative estimate of drug-likeness (QED) is 0.640. The van der Waals surface area contributed by atoms with E-state index in [0.717, 1.165) is 6.54 Å². The van der Waals surface area contributed by atoms with Crippen molar-refractivity contribution in [3.8, 4) is 0 Å². The second-order valence-corrected chi connectivity index (χ2v) is 4.36. The van der Waals surface area contributed by atoms with Crippen molar-refractivity contribution >= 4 is 12.0 Å². The molecule has 2 amide bonds. The van der Waals surface area contributed by atoms with Gasteiger partial charge in [-0.3, -0.25) is 0 Å². The van der Waals surface area contributed by atoms with Gasteiger partial charge in [-0.25, -0.2) is 9.59 Å². The third-order valence-electron chi connectivity index (χ3n) is 2.85. The number of amides is 2. The molecule has 0 aromatic rings. The molecule has 0 atom stereocenters. The predicted octanol–water partition coefficient (Wildman–Crippen LogP) is 0.529. The summed E-state index contributed by atoms with van der Waals surface area (Å²) >= 11 is 0. The van der Waals surface area contributed by atoms with Crippen molar-refractivity contribution < 1.29 is 19.4 Å². The van der Waals surface area contributed by atoms with E-state index < -0.39 is 5.97 Å². The van der Waals surface area contributed by atoms with Gasteiger partial charge in [-0.15, -0.1) is 0 Å². The lowest BCUT2D eigenvalue weighted by Gasteiger charge is -2.30. The highest BCUT2D eigenvalue weighted by molar-refractivity contribution is 5.73. The second-order valence-electron chi connectivity index (χ2n) is 4.36. The number of rotatable bonds is 7. The molecule has 1 fully saturated rings. The lowest BCUT2D eigenvalue weighted by atomic mass is 9.85. The normalized spacial score (nSPS) is 15.1. The van der Waals surface area contributed by atoms with E-state index in [1.807, 2.05) is 0 Å². The van der Waals surface area contributed by atoms with Crippen molar-refractivity contribution in [2.45, 2.75) is 19.3 Å². The number of ether oxygens (including phenoxy) is 1. The smallest absolute Gasteiger partial charge is 0.329 e. The maximum Gasteiger partial charge on any atom is 0.329 e. The Morgan fingerprint density at radius 3 is 2.71 bits per heavy atom. The Morgan fingerprint density at radius 1 is 1.47 bits per heavy atom. The molecule has 2 N–H and O–H groups in total. The Hall–Kier alpha value is -1.30. The molecule has 0 aliphatic heterocycles. The molecular weight excluding hydrogens is 224 g/mol. The van der Waals surface area contributed by atoms with Crippen molar-refractivity contribution in [2.75, 3.05) is 33.4 Å². The van der Waals surface area contributed by atoms with E-state index in [0.29, 0.717) is 12.5 Å². The number of hydrogen-bond donors (Lipinski definition) is 2. The molecule has 0 bridgehead atoms. The maximum absolute atomic E-state index is 11.6. The number of urea groups is 1. The van der Waals surface area contributed by atoms with Gasteiger partial charge in [0.05, 0.1) is 6.61 Å². The first-order chi connectivity index (χ1) is 8.09. The zero-order valence-corrected chi connectivity index (χ0v) is 10.1. The first-order valence-electron chi connectivity index (χ1n) is 5.88. The largest absolute Gasteiger partial charge is 0.480 e. The molecular formula is C11H20N2O4.